The summed E-state index contributed by atoms with van der Waals surface area (Å²) in [5.41, 5.74) is 3.83. The van der Waals surface area contributed by atoms with Crippen molar-refractivity contribution < 1.29 is 28.5 Å². The SMILES string of the molecule is COC(=O)CCC/C=C(\C)C1CC[C@H]2[C@@H]3CC=C4C[C@@H](O[C@H]5C=CC[C@@H](COC(C)=O)O5)CC[C@]4(C)[C@H]3CC[C@]12C. The van der Waals surface area contributed by atoms with Gasteiger partial charge in [0.05, 0.1) is 19.3 Å². The van der Waals surface area contributed by atoms with Crippen molar-refractivity contribution >= 4 is 11.9 Å². The topological polar surface area (TPSA) is 71.1 Å². The Morgan fingerprint density at radius 3 is 2.68 bits per heavy atom. The van der Waals surface area contributed by atoms with Crippen LogP contribution < -0.4 is 0 Å². The van der Waals surface area contributed by atoms with Gasteiger partial charge in [0.15, 0.2) is 6.29 Å². The van der Waals surface area contributed by atoms with E-state index in [-0.39, 0.29) is 42.5 Å². The highest BCUT2D eigenvalue weighted by Gasteiger charge is 2.58. The number of unbranched alkanes of at least 4 members (excludes halogenated alkanes) is 1. The van der Waals surface area contributed by atoms with Crippen molar-refractivity contribution in [2.75, 3.05) is 13.7 Å². The first-order valence-corrected chi connectivity index (χ1v) is 16.2. The lowest BCUT2D eigenvalue weighted by Gasteiger charge is -2.58. The van der Waals surface area contributed by atoms with E-state index in [2.05, 4.69) is 39.0 Å². The van der Waals surface area contributed by atoms with Crippen LogP contribution in [0.4, 0.5) is 0 Å². The number of hydrogen-bond acceptors (Lipinski definition) is 6. The molecule has 0 spiro atoms. The van der Waals surface area contributed by atoms with Crippen molar-refractivity contribution in [1.29, 1.82) is 0 Å². The average Bonchev–Trinajstić information content (AvgIpc) is 3.31. The highest BCUT2D eigenvalue weighted by atomic mass is 16.7. The molecule has 1 aliphatic heterocycles. The maximum absolute atomic E-state index is 11.5. The summed E-state index contributed by atoms with van der Waals surface area (Å²) in [6.45, 7) is 9.20. The molecular formula is C35H52O6. The van der Waals surface area contributed by atoms with Gasteiger partial charge in [0.2, 0.25) is 0 Å². The molecule has 0 saturated heterocycles. The van der Waals surface area contributed by atoms with Gasteiger partial charge in [-0.3, -0.25) is 9.59 Å². The molecule has 228 valence electrons. The predicted molar refractivity (Wildman–Crippen MR) is 159 cm³/mol. The fourth-order valence-electron chi connectivity index (χ4n) is 9.53. The number of esters is 2. The summed E-state index contributed by atoms with van der Waals surface area (Å²) < 4.78 is 22.5. The molecule has 6 heteroatoms. The number of allylic oxidation sites excluding steroid dienone is 3. The molecule has 3 fully saturated rings. The molecule has 4 aliphatic carbocycles. The summed E-state index contributed by atoms with van der Waals surface area (Å²) in [4.78, 5) is 22.7. The third-order valence-corrected chi connectivity index (χ3v) is 11.7. The fourth-order valence-corrected chi connectivity index (χ4v) is 9.53. The van der Waals surface area contributed by atoms with Crippen LogP contribution in [0.3, 0.4) is 0 Å². The minimum absolute atomic E-state index is 0.106. The molecule has 41 heavy (non-hydrogen) atoms. The summed E-state index contributed by atoms with van der Waals surface area (Å²) in [6, 6.07) is 0. The maximum atomic E-state index is 11.5. The molecule has 1 heterocycles. The van der Waals surface area contributed by atoms with Gasteiger partial charge in [-0.1, -0.05) is 43.2 Å². The van der Waals surface area contributed by atoms with Crippen molar-refractivity contribution in [2.24, 2.45) is 34.5 Å². The predicted octanol–water partition coefficient (Wildman–Crippen LogP) is 7.47. The van der Waals surface area contributed by atoms with E-state index >= 15 is 0 Å². The van der Waals surface area contributed by atoms with Crippen molar-refractivity contribution in [2.45, 2.75) is 123 Å². The van der Waals surface area contributed by atoms with Crippen LogP contribution in [0, 0.1) is 34.5 Å². The average molecular weight is 569 g/mol. The lowest BCUT2D eigenvalue weighted by molar-refractivity contribution is -0.191. The second kappa shape index (κ2) is 12.8. The molecule has 0 bridgehead atoms. The van der Waals surface area contributed by atoms with Crippen LogP contribution >= 0.6 is 0 Å². The largest absolute Gasteiger partial charge is 0.469 e. The molecule has 0 amide bonds. The van der Waals surface area contributed by atoms with E-state index in [0.29, 0.717) is 17.8 Å². The number of methoxy groups -OCH3 is 1. The molecule has 1 unspecified atom stereocenters. The Labute approximate surface area is 247 Å². The lowest BCUT2D eigenvalue weighted by atomic mass is 9.47. The standard InChI is InChI=1S/C35H52O6/c1-23(9-6-7-11-32(37)38-5)29-15-16-30-28-14-13-25-21-26(17-19-34(25,3)31(28)18-20-35(29,30)4)40-33-12-8-10-27(41-33)22-39-24(2)36/h8-9,12-13,26-31,33H,6-7,10-11,14-22H2,1-5H3/b23-9+/t26-,27-,28-,29?,30-,31-,33+,34-,35+/m0/s1. The lowest BCUT2D eigenvalue weighted by Crippen LogP contribution is -2.50. The van der Waals surface area contributed by atoms with Gasteiger partial charge < -0.3 is 18.9 Å². The summed E-state index contributed by atoms with van der Waals surface area (Å²) in [5.74, 6) is 2.63. The molecule has 5 aliphatic rings. The Hall–Kier alpha value is -1.92. The summed E-state index contributed by atoms with van der Waals surface area (Å²) in [5, 5.41) is 0. The van der Waals surface area contributed by atoms with Gasteiger partial charge in [0.1, 0.15) is 6.61 Å². The van der Waals surface area contributed by atoms with E-state index in [9.17, 15) is 9.59 Å². The number of rotatable bonds is 9. The van der Waals surface area contributed by atoms with Crippen LogP contribution in [-0.2, 0) is 28.5 Å². The number of hydrogen-bond donors (Lipinski definition) is 0. The molecule has 0 radical (unpaired) electrons. The fraction of sp³-hybridized carbons (Fsp3) is 0.771. The van der Waals surface area contributed by atoms with Gasteiger partial charge in [0, 0.05) is 13.3 Å². The zero-order valence-electron chi connectivity index (χ0n) is 26.0. The van der Waals surface area contributed by atoms with E-state index in [4.69, 9.17) is 18.9 Å². The molecule has 6 nitrogen and oxygen atoms in total. The van der Waals surface area contributed by atoms with Gasteiger partial charge in [-0.15, -0.1) is 0 Å². The summed E-state index contributed by atoms with van der Waals surface area (Å²) in [6.07, 6.45) is 21.6. The van der Waals surface area contributed by atoms with E-state index in [1.54, 1.807) is 11.1 Å². The first-order valence-electron chi connectivity index (χ1n) is 16.2. The smallest absolute Gasteiger partial charge is 0.305 e. The summed E-state index contributed by atoms with van der Waals surface area (Å²) in [7, 11) is 1.47. The van der Waals surface area contributed by atoms with Crippen molar-refractivity contribution in [1.82, 2.24) is 0 Å². The Balaban J connectivity index is 1.19. The van der Waals surface area contributed by atoms with Crippen LogP contribution in [0.15, 0.2) is 35.5 Å². The highest BCUT2D eigenvalue weighted by molar-refractivity contribution is 5.69. The molecule has 0 aromatic carbocycles. The minimum atomic E-state index is -0.363. The third-order valence-electron chi connectivity index (χ3n) is 11.7. The maximum Gasteiger partial charge on any atom is 0.305 e. The quantitative estimate of drug-likeness (QED) is 0.163. The highest BCUT2D eigenvalue weighted by Crippen LogP contribution is 2.67. The number of carbonyl (C=O) groups is 2. The number of carbonyl (C=O) groups excluding carboxylic acids is 2. The second-order valence-electron chi connectivity index (χ2n) is 13.9. The van der Waals surface area contributed by atoms with E-state index in [1.165, 1.54) is 52.6 Å². The summed E-state index contributed by atoms with van der Waals surface area (Å²) >= 11 is 0. The van der Waals surface area contributed by atoms with Gasteiger partial charge >= 0.3 is 11.9 Å². The monoisotopic (exact) mass is 568 g/mol. The Morgan fingerprint density at radius 2 is 1.90 bits per heavy atom. The van der Waals surface area contributed by atoms with Crippen molar-refractivity contribution in [3.8, 4) is 0 Å². The molecule has 3 saturated carbocycles. The molecule has 0 N–H and O–H groups in total. The van der Waals surface area contributed by atoms with Crippen LogP contribution in [0.2, 0.25) is 0 Å². The van der Waals surface area contributed by atoms with E-state index < -0.39 is 0 Å². The molecule has 9 atom stereocenters. The van der Waals surface area contributed by atoms with Gasteiger partial charge in [-0.25, -0.2) is 0 Å². The Morgan fingerprint density at radius 1 is 1.07 bits per heavy atom. The Kier molecular flexibility index (Phi) is 9.50. The first-order chi connectivity index (χ1) is 19.6. The number of ether oxygens (including phenoxy) is 4. The van der Waals surface area contributed by atoms with Crippen LogP contribution in [0.5, 0.6) is 0 Å². The number of fused-ring (bicyclic) bond motifs is 5. The molecule has 0 aromatic rings. The first kappa shape index (κ1) is 30.5. The molecule has 5 rings (SSSR count). The Bertz CT molecular complexity index is 1060. The van der Waals surface area contributed by atoms with Crippen LogP contribution in [0.1, 0.15) is 105 Å². The molecular weight excluding hydrogens is 516 g/mol. The van der Waals surface area contributed by atoms with Crippen LogP contribution in [-0.4, -0.2) is 44.2 Å². The van der Waals surface area contributed by atoms with Crippen LogP contribution in [0.25, 0.3) is 0 Å². The normalized spacial score (nSPS) is 40.2. The second-order valence-corrected chi connectivity index (χ2v) is 13.9. The van der Waals surface area contributed by atoms with Crippen molar-refractivity contribution in [3.05, 3.63) is 35.5 Å². The van der Waals surface area contributed by atoms with Gasteiger partial charge in [-0.2, -0.15) is 0 Å². The molecule has 0 aromatic heterocycles. The zero-order valence-corrected chi connectivity index (χ0v) is 26.0. The van der Waals surface area contributed by atoms with Crippen molar-refractivity contribution in [3.63, 3.8) is 0 Å². The van der Waals surface area contributed by atoms with Gasteiger partial charge in [-0.05, 0) is 118 Å². The minimum Gasteiger partial charge on any atom is -0.469 e. The zero-order chi connectivity index (χ0) is 29.2. The van der Waals surface area contributed by atoms with E-state index in [1.807, 2.05) is 6.08 Å². The van der Waals surface area contributed by atoms with Gasteiger partial charge in [0.25, 0.3) is 0 Å². The third kappa shape index (κ3) is 6.39. The van der Waals surface area contributed by atoms with E-state index in [0.717, 1.165) is 49.9 Å².